The maximum Gasteiger partial charge on any atom is 0.271 e. The molecule has 0 bridgehead atoms. The Balaban J connectivity index is 1.80. The topological polar surface area (TPSA) is 94.0 Å². The van der Waals surface area contributed by atoms with Gasteiger partial charge in [0, 0.05) is 5.69 Å². The SMILES string of the molecule is N#Cc1ccc(NCC(=O)NNC(=O)c2ccccc2Cl)cc1. The fraction of sp³-hybridized carbons (Fsp3) is 0.0625. The molecule has 7 heteroatoms. The predicted molar refractivity (Wildman–Crippen MR) is 86.7 cm³/mol. The lowest BCUT2D eigenvalue weighted by molar-refractivity contribution is -0.120. The molecular formula is C16H13ClN4O2. The molecular weight excluding hydrogens is 316 g/mol. The van der Waals surface area contributed by atoms with Crippen molar-refractivity contribution in [2.45, 2.75) is 0 Å². The van der Waals surface area contributed by atoms with E-state index < -0.39 is 11.8 Å². The number of hydrazine groups is 1. The summed E-state index contributed by atoms with van der Waals surface area (Å²) >= 11 is 5.89. The van der Waals surface area contributed by atoms with E-state index in [2.05, 4.69) is 16.2 Å². The van der Waals surface area contributed by atoms with Gasteiger partial charge in [-0.25, -0.2) is 0 Å². The van der Waals surface area contributed by atoms with Crippen molar-refractivity contribution in [3.63, 3.8) is 0 Å². The molecule has 2 aromatic rings. The van der Waals surface area contributed by atoms with Gasteiger partial charge in [-0.05, 0) is 36.4 Å². The van der Waals surface area contributed by atoms with Crippen LogP contribution in [-0.4, -0.2) is 18.4 Å². The Hall–Kier alpha value is -3.04. The highest BCUT2D eigenvalue weighted by Crippen LogP contribution is 2.14. The minimum absolute atomic E-state index is 0.0330. The highest BCUT2D eigenvalue weighted by molar-refractivity contribution is 6.33. The molecule has 6 nitrogen and oxygen atoms in total. The number of rotatable bonds is 4. The number of nitrogens with one attached hydrogen (secondary N) is 3. The van der Waals surface area contributed by atoms with Gasteiger partial charge in [0.1, 0.15) is 0 Å². The number of carbonyl (C=O) groups is 2. The van der Waals surface area contributed by atoms with Crippen molar-refractivity contribution in [2.75, 3.05) is 11.9 Å². The highest BCUT2D eigenvalue weighted by atomic mass is 35.5. The van der Waals surface area contributed by atoms with E-state index in [9.17, 15) is 9.59 Å². The fourth-order valence-corrected chi connectivity index (χ4v) is 1.95. The minimum Gasteiger partial charge on any atom is -0.376 e. The van der Waals surface area contributed by atoms with Gasteiger partial charge < -0.3 is 5.32 Å². The molecule has 0 fully saturated rings. The molecule has 0 aromatic heterocycles. The van der Waals surface area contributed by atoms with Crippen molar-refractivity contribution in [3.8, 4) is 6.07 Å². The van der Waals surface area contributed by atoms with Crippen molar-refractivity contribution >= 4 is 29.1 Å². The number of hydrogen-bond donors (Lipinski definition) is 3. The van der Waals surface area contributed by atoms with Crippen LogP contribution in [0.25, 0.3) is 0 Å². The van der Waals surface area contributed by atoms with Gasteiger partial charge in [-0.1, -0.05) is 23.7 Å². The van der Waals surface area contributed by atoms with Crippen LogP contribution in [0.5, 0.6) is 0 Å². The number of anilines is 1. The molecule has 3 N–H and O–H groups in total. The average molecular weight is 329 g/mol. The molecule has 0 heterocycles. The summed E-state index contributed by atoms with van der Waals surface area (Å²) in [6.07, 6.45) is 0. The molecule has 2 rings (SSSR count). The molecule has 0 atom stereocenters. The minimum atomic E-state index is -0.498. The molecule has 0 aliphatic heterocycles. The predicted octanol–water partition coefficient (Wildman–Crippen LogP) is 2.08. The lowest BCUT2D eigenvalue weighted by Crippen LogP contribution is -2.44. The summed E-state index contributed by atoms with van der Waals surface area (Å²) in [6.45, 7) is -0.0330. The molecule has 0 aliphatic carbocycles. The molecule has 2 amide bonds. The van der Waals surface area contributed by atoms with Crippen LogP contribution in [0, 0.1) is 11.3 Å². The molecule has 0 spiro atoms. The van der Waals surface area contributed by atoms with E-state index in [4.69, 9.17) is 16.9 Å². The molecule has 116 valence electrons. The second-order valence-corrected chi connectivity index (χ2v) is 4.93. The standard InChI is InChI=1S/C16H13ClN4O2/c17-14-4-2-1-3-13(14)16(23)21-20-15(22)10-19-12-7-5-11(9-18)6-8-12/h1-8,19H,10H2,(H,20,22)(H,21,23). The molecule has 0 unspecified atom stereocenters. The maximum absolute atomic E-state index is 11.9. The first kappa shape index (κ1) is 16.3. The van der Waals surface area contributed by atoms with E-state index in [1.54, 1.807) is 48.5 Å². The zero-order chi connectivity index (χ0) is 16.7. The van der Waals surface area contributed by atoms with E-state index in [0.717, 1.165) is 0 Å². The van der Waals surface area contributed by atoms with Crippen LogP contribution < -0.4 is 16.2 Å². The van der Waals surface area contributed by atoms with Gasteiger partial charge in [0.15, 0.2) is 0 Å². The van der Waals surface area contributed by atoms with Gasteiger partial charge in [0.05, 0.1) is 28.8 Å². The molecule has 0 saturated heterocycles. The average Bonchev–Trinajstić information content (AvgIpc) is 2.58. The Morgan fingerprint density at radius 2 is 1.74 bits per heavy atom. The lowest BCUT2D eigenvalue weighted by atomic mass is 10.2. The number of benzene rings is 2. The van der Waals surface area contributed by atoms with Crippen LogP contribution in [0.3, 0.4) is 0 Å². The molecule has 0 aliphatic rings. The Kier molecular flexibility index (Phi) is 5.56. The summed E-state index contributed by atoms with van der Waals surface area (Å²) in [5.74, 6) is -0.919. The summed E-state index contributed by atoms with van der Waals surface area (Å²) in [4.78, 5) is 23.5. The van der Waals surface area contributed by atoms with Gasteiger partial charge in [0.25, 0.3) is 11.8 Å². The number of halogens is 1. The van der Waals surface area contributed by atoms with Crippen molar-refractivity contribution in [1.29, 1.82) is 5.26 Å². The van der Waals surface area contributed by atoms with Crippen LogP contribution in [0.4, 0.5) is 5.69 Å². The van der Waals surface area contributed by atoms with Gasteiger partial charge >= 0.3 is 0 Å². The largest absolute Gasteiger partial charge is 0.376 e. The van der Waals surface area contributed by atoms with Crippen molar-refractivity contribution in [3.05, 3.63) is 64.7 Å². The second kappa shape index (κ2) is 7.82. The molecule has 0 saturated carbocycles. The van der Waals surface area contributed by atoms with Crippen LogP contribution in [0.2, 0.25) is 5.02 Å². The Bertz CT molecular complexity index is 753. The first-order chi connectivity index (χ1) is 11.1. The summed E-state index contributed by atoms with van der Waals surface area (Å²) in [5.41, 5.74) is 6.08. The van der Waals surface area contributed by atoms with E-state index in [1.807, 2.05) is 6.07 Å². The number of hydrogen-bond acceptors (Lipinski definition) is 4. The Morgan fingerprint density at radius 1 is 1.04 bits per heavy atom. The first-order valence-electron chi connectivity index (χ1n) is 6.68. The number of nitrogens with zero attached hydrogens (tertiary/aromatic N) is 1. The van der Waals surface area contributed by atoms with Crippen molar-refractivity contribution in [1.82, 2.24) is 10.9 Å². The third kappa shape index (κ3) is 4.73. The summed E-state index contributed by atoms with van der Waals surface area (Å²) in [7, 11) is 0. The normalized spacial score (nSPS) is 9.57. The van der Waals surface area contributed by atoms with Gasteiger partial charge in [-0.2, -0.15) is 5.26 Å². The van der Waals surface area contributed by atoms with Gasteiger partial charge in [-0.15, -0.1) is 0 Å². The third-order valence-electron chi connectivity index (χ3n) is 2.90. The fourth-order valence-electron chi connectivity index (χ4n) is 1.73. The molecule has 0 radical (unpaired) electrons. The van der Waals surface area contributed by atoms with E-state index in [1.165, 1.54) is 0 Å². The quantitative estimate of drug-likeness (QED) is 0.749. The summed E-state index contributed by atoms with van der Waals surface area (Å²) in [6, 6.07) is 15.2. The first-order valence-corrected chi connectivity index (χ1v) is 7.05. The number of nitriles is 1. The van der Waals surface area contributed by atoms with Crippen LogP contribution in [0.1, 0.15) is 15.9 Å². The maximum atomic E-state index is 11.9. The molecule has 2 aromatic carbocycles. The number of carbonyl (C=O) groups excluding carboxylic acids is 2. The highest BCUT2D eigenvalue weighted by Gasteiger charge is 2.10. The van der Waals surface area contributed by atoms with Crippen molar-refractivity contribution < 1.29 is 9.59 Å². The van der Waals surface area contributed by atoms with E-state index in [-0.39, 0.29) is 12.1 Å². The van der Waals surface area contributed by atoms with E-state index >= 15 is 0 Å². The number of amides is 2. The summed E-state index contributed by atoms with van der Waals surface area (Å²) < 4.78 is 0. The van der Waals surface area contributed by atoms with Crippen molar-refractivity contribution in [2.24, 2.45) is 0 Å². The van der Waals surface area contributed by atoms with Crippen LogP contribution in [-0.2, 0) is 4.79 Å². The Morgan fingerprint density at radius 3 is 2.39 bits per heavy atom. The van der Waals surface area contributed by atoms with Crippen LogP contribution >= 0.6 is 11.6 Å². The lowest BCUT2D eigenvalue weighted by Gasteiger charge is -2.09. The summed E-state index contributed by atoms with van der Waals surface area (Å²) in [5, 5.41) is 11.9. The van der Waals surface area contributed by atoms with Crippen LogP contribution in [0.15, 0.2) is 48.5 Å². The smallest absolute Gasteiger partial charge is 0.271 e. The second-order valence-electron chi connectivity index (χ2n) is 4.52. The van der Waals surface area contributed by atoms with E-state index in [0.29, 0.717) is 16.3 Å². The van der Waals surface area contributed by atoms with Gasteiger partial charge in [0.2, 0.25) is 0 Å². The monoisotopic (exact) mass is 328 g/mol. The zero-order valence-electron chi connectivity index (χ0n) is 12.0. The Labute approximate surface area is 138 Å². The van der Waals surface area contributed by atoms with Gasteiger partial charge in [-0.3, -0.25) is 20.4 Å². The third-order valence-corrected chi connectivity index (χ3v) is 3.23. The zero-order valence-corrected chi connectivity index (χ0v) is 12.7. The molecule has 23 heavy (non-hydrogen) atoms.